The molecule has 2 N–H and O–H groups in total. The van der Waals surface area contributed by atoms with E-state index < -0.39 is 33.1 Å². The van der Waals surface area contributed by atoms with E-state index in [4.69, 9.17) is 10.2 Å². The summed E-state index contributed by atoms with van der Waals surface area (Å²) in [6, 6.07) is 31.1. The summed E-state index contributed by atoms with van der Waals surface area (Å²) in [5, 5.41) is 16.6. The van der Waals surface area contributed by atoms with Crippen molar-refractivity contribution < 1.29 is 19.8 Å². The van der Waals surface area contributed by atoms with E-state index in [0.29, 0.717) is 0 Å². The third-order valence-electron chi connectivity index (χ3n) is 3.60. The van der Waals surface area contributed by atoms with Crippen molar-refractivity contribution in [1.82, 2.24) is 9.97 Å². The van der Waals surface area contributed by atoms with Crippen LogP contribution in [0.1, 0.15) is 21.0 Å². The van der Waals surface area contributed by atoms with Gasteiger partial charge in [0, 0.05) is 12.4 Å². The molecule has 0 fully saturated rings. The maximum atomic E-state index is 10.1. The normalized spacial score (nSPS) is 9.29. The Morgan fingerprint density at radius 3 is 1.16 bits per heavy atom. The van der Waals surface area contributed by atoms with Gasteiger partial charge in [0.2, 0.25) is 0 Å². The van der Waals surface area contributed by atoms with Crippen LogP contribution in [-0.2, 0) is 0 Å². The molecule has 2 aromatic carbocycles. The third kappa shape index (κ3) is 9.68. The number of carbonyl (C=O) groups is 2. The van der Waals surface area contributed by atoms with Crippen molar-refractivity contribution in [2.45, 2.75) is 0 Å². The zero-order valence-electron chi connectivity index (χ0n) is 16.5. The molecule has 0 aliphatic rings. The predicted octanol–water partition coefficient (Wildman–Crippen LogP) is 2.90. The average Bonchev–Trinajstić information content (AvgIpc) is 2.82. The first-order valence-corrected chi connectivity index (χ1v) is 12.1. The van der Waals surface area contributed by atoms with Gasteiger partial charge in [0.05, 0.1) is 0 Å². The molecule has 4 aromatic rings. The standard InChI is InChI=1S/2C6H5NO2.2C6H5.Sn/c2*8-6(9)5-3-1-2-4-7-5;2*1-2-4-6-5-3-1;/h2*1-4H,(H,8,9);2*1-5H;. The number of aromatic nitrogens is 2. The Kier molecular flexibility index (Phi) is 10.5. The number of benzene rings is 2. The van der Waals surface area contributed by atoms with Crippen LogP contribution in [-0.4, -0.2) is 53.3 Å². The quantitative estimate of drug-likeness (QED) is 0.403. The summed E-state index contributed by atoms with van der Waals surface area (Å²) in [4.78, 5) is 27.4. The number of carboxylic acids is 2. The number of rotatable bonds is 4. The number of hydrogen-bond donors (Lipinski definition) is 2. The molecule has 0 bridgehead atoms. The zero-order chi connectivity index (χ0) is 22.3. The molecule has 0 atom stereocenters. The van der Waals surface area contributed by atoms with Crippen molar-refractivity contribution in [3.63, 3.8) is 0 Å². The molecule has 0 aliphatic heterocycles. The number of pyridine rings is 2. The molecule has 4 rings (SSSR count). The van der Waals surface area contributed by atoms with Crippen molar-refractivity contribution in [3.05, 3.63) is 121 Å². The van der Waals surface area contributed by atoms with E-state index in [1.807, 2.05) is 0 Å². The second kappa shape index (κ2) is 13.7. The molecular weight excluding hydrogens is 499 g/mol. The Bertz CT molecular complexity index is 961. The van der Waals surface area contributed by atoms with Gasteiger partial charge in [-0.05, 0) is 24.3 Å². The Morgan fingerprint density at radius 1 is 0.548 bits per heavy atom. The number of hydrogen-bond acceptors (Lipinski definition) is 4. The molecule has 31 heavy (non-hydrogen) atoms. The third-order valence-corrected chi connectivity index (χ3v) is 7.15. The van der Waals surface area contributed by atoms with Gasteiger partial charge in [-0.3, -0.25) is 0 Å². The van der Waals surface area contributed by atoms with Gasteiger partial charge in [0.1, 0.15) is 11.4 Å². The van der Waals surface area contributed by atoms with Gasteiger partial charge in [0.25, 0.3) is 0 Å². The van der Waals surface area contributed by atoms with Crippen LogP contribution in [0.15, 0.2) is 109 Å². The molecule has 0 amide bonds. The zero-order valence-corrected chi connectivity index (χ0v) is 19.4. The summed E-state index contributed by atoms with van der Waals surface area (Å²) >= 11 is -0.517. The van der Waals surface area contributed by atoms with Crippen molar-refractivity contribution >= 4 is 40.2 Å². The molecule has 0 spiro atoms. The van der Waals surface area contributed by atoms with Crippen molar-refractivity contribution in [1.29, 1.82) is 0 Å². The first-order chi connectivity index (χ1) is 15.1. The minimum absolute atomic E-state index is 0.0810. The Balaban J connectivity index is 0.000000170. The second-order valence-electron chi connectivity index (χ2n) is 5.90. The molecule has 7 heteroatoms. The fourth-order valence-corrected chi connectivity index (χ4v) is 5.19. The SMILES string of the molecule is O=C(O)c1ccccn1.O=C(O)c1ccccn1.c1cc[c]([Sn][c]2ccccc2)cc1. The summed E-state index contributed by atoms with van der Waals surface area (Å²) in [7, 11) is 0. The topological polar surface area (TPSA) is 100 Å². The Labute approximate surface area is 190 Å². The summed E-state index contributed by atoms with van der Waals surface area (Å²) in [6.45, 7) is 0. The molecule has 2 aromatic heterocycles. The Hall–Kier alpha value is -3.52. The van der Waals surface area contributed by atoms with Crippen molar-refractivity contribution in [2.75, 3.05) is 0 Å². The van der Waals surface area contributed by atoms with Crippen molar-refractivity contribution in [3.8, 4) is 0 Å². The van der Waals surface area contributed by atoms with E-state index in [1.54, 1.807) is 24.3 Å². The fraction of sp³-hybridized carbons (Fsp3) is 0. The molecule has 0 unspecified atom stereocenters. The predicted molar refractivity (Wildman–Crippen MR) is 120 cm³/mol. The summed E-state index contributed by atoms with van der Waals surface area (Å²) in [5.41, 5.74) is 0.162. The van der Waals surface area contributed by atoms with Gasteiger partial charge in [-0.15, -0.1) is 0 Å². The second-order valence-corrected chi connectivity index (χ2v) is 9.91. The van der Waals surface area contributed by atoms with Crippen LogP contribution in [0.2, 0.25) is 0 Å². The van der Waals surface area contributed by atoms with Gasteiger partial charge < -0.3 is 10.2 Å². The molecule has 6 nitrogen and oxygen atoms in total. The van der Waals surface area contributed by atoms with Crippen LogP contribution in [0.4, 0.5) is 0 Å². The molecule has 0 saturated carbocycles. The van der Waals surface area contributed by atoms with Gasteiger partial charge in [0.15, 0.2) is 0 Å². The minimum atomic E-state index is -0.990. The molecule has 2 radical (unpaired) electrons. The van der Waals surface area contributed by atoms with E-state index in [0.717, 1.165) is 0 Å². The molecular formula is C24H20N2O4Sn. The monoisotopic (exact) mass is 520 g/mol. The van der Waals surface area contributed by atoms with E-state index in [2.05, 4.69) is 70.6 Å². The van der Waals surface area contributed by atoms with Crippen LogP contribution in [0.25, 0.3) is 0 Å². The van der Waals surface area contributed by atoms with Gasteiger partial charge in [-0.25, -0.2) is 19.6 Å². The molecule has 0 aliphatic carbocycles. The first-order valence-electron chi connectivity index (χ1n) is 9.22. The van der Waals surface area contributed by atoms with Gasteiger partial charge in [-0.2, -0.15) is 0 Å². The Morgan fingerprint density at radius 2 is 0.903 bits per heavy atom. The van der Waals surface area contributed by atoms with E-state index >= 15 is 0 Å². The van der Waals surface area contributed by atoms with Crippen molar-refractivity contribution in [2.24, 2.45) is 0 Å². The summed E-state index contributed by atoms with van der Waals surface area (Å²) in [5.74, 6) is -1.98. The van der Waals surface area contributed by atoms with E-state index in [9.17, 15) is 9.59 Å². The number of aromatic carboxylic acids is 2. The van der Waals surface area contributed by atoms with E-state index in [1.165, 1.54) is 31.7 Å². The summed E-state index contributed by atoms with van der Waals surface area (Å²) < 4.78 is 3.08. The van der Waals surface area contributed by atoms with Crippen LogP contribution in [0.5, 0.6) is 0 Å². The van der Waals surface area contributed by atoms with Crippen LogP contribution >= 0.6 is 0 Å². The van der Waals surface area contributed by atoms with Crippen LogP contribution < -0.4 is 7.16 Å². The molecule has 154 valence electrons. The van der Waals surface area contributed by atoms with Gasteiger partial charge in [-0.1, -0.05) is 12.1 Å². The molecule has 2 heterocycles. The van der Waals surface area contributed by atoms with Gasteiger partial charge >= 0.3 is 101 Å². The number of nitrogens with zero attached hydrogens (tertiary/aromatic N) is 2. The first kappa shape index (κ1) is 23.8. The summed E-state index contributed by atoms with van der Waals surface area (Å²) in [6.07, 6.45) is 2.90. The number of carboxylic acid groups (broad SMARTS) is 2. The molecule has 0 saturated heterocycles. The van der Waals surface area contributed by atoms with E-state index in [-0.39, 0.29) is 11.4 Å². The van der Waals surface area contributed by atoms with Crippen LogP contribution in [0, 0.1) is 0 Å². The maximum absolute atomic E-state index is 10.1. The van der Waals surface area contributed by atoms with Crippen LogP contribution in [0.3, 0.4) is 0 Å². The average molecular weight is 519 g/mol. The fourth-order valence-electron chi connectivity index (χ4n) is 2.19.